The molecule has 3 N–H and O–H groups in total. The second-order valence-electron chi connectivity index (χ2n) is 6.29. The van der Waals surface area contributed by atoms with Gasteiger partial charge in [-0.3, -0.25) is 4.98 Å². The SMILES string of the molecule is N[C@H]1COCC[C@@H]1c1sc2c(NCc3ccncc3)cc(Cl)nc2c1Br. The van der Waals surface area contributed by atoms with Crippen LogP contribution >= 0.6 is 38.9 Å². The normalized spacial score (nSPS) is 20.4. The fourth-order valence-electron chi connectivity index (χ4n) is 3.18. The van der Waals surface area contributed by atoms with Crippen LogP contribution in [0.5, 0.6) is 0 Å². The van der Waals surface area contributed by atoms with Gasteiger partial charge in [-0.2, -0.15) is 0 Å². The zero-order valence-corrected chi connectivity index (χ0v) is 17.1. The van der Waals surface area contributed by atoms with Gasteiger partial charge in [0.25, 0.3) is 0 Å². The first-order valence-electron chi connectivity index (χ1n) is 8.38. The highest BCUT2D eigenvalue weighted by Gasteiger charge is 2.29. The Hall–Kier alpha value is -1.25. The van der Waals surface area contributed by atoms with Crippen molar-refractivity contribution in [2.24, 2.45) is 5.73 Å². The lowest BCUT2D eigenvalue weighted by molar-refractivity contribution is 0.0702. The Morgan fingerprint density at radius 1 is 1.38 bits per heavy atom. The van der Waals surface area contributed by atoms with Gasteiger partial charge in [0.05, 0.1) is 27.0 Å². The third-order valence-corrected chi connectivity index (χ3v) is 7.15. The van der Waals surface area contributed by atoms with Crippen molar-refractivity contribution in [2.45, 2.75) is 24.9 Å². The maximum absolute atomic E-state index is 6.30. The van der Waals surface area contributed by atoms with Gasteiger partial charge < -0.3 is 15.8 Å². The van der Waals surface area contributed by atoms with E-state index in [1.165, 1.54) is 4.88 Å². The molecule has 4 heterocycles. The first-order chi connectivity index (χ1) is 12.6. The Morgan fingerprint density at radius 2 is 2.19 bits per heavy atom. The summed E-state index contributed by atoms with van der Waals surface area (Å²) in [5.41, 5.74) is 9.32. The molecule has 1 aliphatic rings. The molecule has 3 aromatic rings. The molecule has 8 heteroatoms. The zero-order chi connectivity index (χ0) is 18.1. The number of nitrogens with one attached hydrogen (secondary N) is 1. The predicted octanol–water partition coefficient (Wildman–Crippen LogP) is 4.55. The molecule has 1 aliphatic heterocycles. The van der Waals surface area contributed by atoms with Crippen molar-refractivity contribution >= 4 is 54.8 Å². The van der Waals surface area contributed by atoms with E-state index >= 15 is 0 Å². The van der Waals surface area contributed by atoms with E-state index in [-0.39, 0.29) is 12.0 Å². The van der Waals surface area contributed by atoms with Crippen LogP contribution in [0.15, 0.2) is 35.1 Å². The van der Waals surface area contributed by atoms with Crippen LogP contribution in [0.4, 0.5) is 5.69 Å². The second kappa shape index (κ2) is 7.78. The van der Waals surface area contributed by atoms with E-state index in [0.717, 1.165) is 39.0 Å². The van der Waals surface area contributed by atoms with Crippen LogP contribution in [-0.4, -0.2) is 29.2 Å². The Morgan fingerprint density at radius 3 is 2.96 bits per heavy atom. The van der Waals surface area contributed by atoms with Gasteiger partial charge in [-0.15, -0.1) is 11.3 Å². The number of fused-ring (bicyclic) bond motifs is 1. The Kier molecular flexibility index (Phi) is 5.42. The van der Waals surface area contributed by atoms with E-state index in [1.807, 2.05) is 18.2 Å². The van der Waals surface area contributed by atoms with Crippen molar-refractivity contribution in [3.8, 4) is 0 Å². The highest BCUT2D eigenvalue weighted by atomic mass is 79.9. The van der Waals surface area contributed by atoms with Crippen LogP contribution in [0.2, 0.25) is 5.15 Å². The van der Waals surface area contributed by atoms with E-state index in [2.05, 4.69) is 31.2 Å². The summed E-state index contributed by atoms with van der Waals surface area (Å²) in [6, 6.07) is 5.85. The molecule has 136 valence electrons. The van der Waals surface area contributed by atoms with Crippen LogP contribution in [0.1, 0.15) is 22.8 Å². The van der Waals surface area contributed by atoms with Gasteiger partial charge in [-0.1, -0.05) is 11.6 Å². The van der Waals surface area contributed by atoms with Crippen LogP contribution in [0.25, 0.3) is 10.2 Å². The smallest absolute Gasteiger partial charge is 0.131 e. The summed E-state index contributed by atoms with van der Waals surface area (Å²) >= 11 is 11.7. The largest absolute Gasteiger partial charge is 0.380 e. The Balaban J connectivity index is 1.70. The summed E-state index contributed by atoms with van der Waals surface area (Å²) in [4.78, 5) is 9.81. The molecule has 0 aliphatic carbocycles. The average Bonchev–Trinajstić information content (AvgIpc) is 2.98. The van der Waals surface area contributed by atoms with Crippen molar-refractivity contribution in [2.75, 3.05) is 18.5 Å². The van der Waals surface area contributed by atoms with Crippen molar-refractivity contribution in [1.29, 1.82) is 0 Å². The summed E-state index contributed by atoms with van der Waals surface area (Å²) in [6.45, 7) is 2.02. The number of halogens is 2. The molecule has 0 spiro atoms. The molecule has 0 saturated carbocycles. The number of aromatic nitrogens is 2. The standard InChI is InChI=1S/C18H18BrClN4OS/c19-15-16-18(26-17(15)11-3-6-25-9-12(11)21)13(7-14(20)24-16)23-8-10-1-4-22-5-2-10/h1-2,4-5,7,11-12H,3,6,8-9,21H2,(H,23,24)/t11-,12-/m0/s1. The fourth-order valence-corrected chi connectivity index (χ4v) is 5.66. The number of rotatable bonds is 4. The summed E-state index contributed by atoms with van der Waals surface area (Å²) in [5.74, 6) is 0.268. The number of pyridine rings is 2. The quantitative estimate of drug-likeness (QED) is 0.567. The Bertz CT molecular complexity index is 920. The molecule has 4 rings (SSSR count). The first-order valence-corrected chi connectivity index (χ1v) is 10.4. The van der Waals surface area contributed by atoms with Gasteiger partial charge >= 0.3 is 0 Å². The zero-order valence-electron chi connectivity index (χ0n) is 13.9. The first kappa shape index (κ1) is 18.1. The van der Waals surface area contributed by atoms with E-state index < -0.39 is 0 Å². The molecule has 1 fully saturated rings. The van der Waals surface area contributed by atoms with Crippen molar-refractivity contribution in [3.63, 3.8) is 0 Å². The third kappa shape index (κ3) is 3.59. The summed E-state index contributed by atoms with van der Waals surface area (Å²) in [6.07, 6.45) is 4.50. The van der Waals surface area contributed by atoms with Crippen LogP contribution in [0.3, 0.4) is 0 Å². The summed E-state index contributed by atoms with van der Waals surface area (Å²) in [5, 5.41) is 3.95. The molecule has 0 bridgehead atoms. The summed E-state index contributed by atoms with van der Waals surface area (Å²) in [7, 11) is 0. The van der Waals surface area contributed by atoms with E-state index in [0.29, 0.717) is 18.3 Å². The maximum atomic E-state index is 6.30. The minimum Gasteiger partial charge on any atom is -0.380 e. The van der Waals surface area contributed by atoms with Crippen molar-refractivity contribution in [3.05, 3.63) is 50.7 Å². The molecular formula is C18H18BrClN4OS. The fraction of sp³-hybridized carbons (Fsp3) is 0.333. The van der Waals surface area contributed by atoms with Gasteiger partial charge in [0.2, 0.25) is 0 Å². The lowest BCUT2D eigenvalue weighted by atomic mass is 9.94. The number of thiophene rings is 1. The molecule has 1 saturated heterocycles. The van der Waals surface area contributed by atoms with Crippen LogP contribution in [-0.2, 0) is 11.3 Å². The molecule has 0 amide bonds. The topological polar surface area (TPSA) is 73.1 Å². The minimum atomic E-state index is -0.00295. The predicted molar refractivity (Wildman–Crippen MR) is 110 cm³/mol. The van der Waals surface area contributed by atoms with Gasteiger partial charge in [-0.25, -0.2) is 4.98 Å². The Labute approximate surface area is 169 Å². The summed E-state index contributed by atoms with van der Waals surface area (Å²) < 4.78 is 7.57. The second-order valence-corrected chi connectivity index (χ2v) is 8.53. The third-order valence-electron chi connectivity index (χ3n) is 4.55. The highest BCUT2D eigenvalue weighted by Crippen LogP contribution is 2.45. The molecule has 26 heavy (non-hydrogen) atoms. The average molecular weight is 454 g/mol. The van der Waals surface area contributed by atoms with Crippen LogP contribution in [0, 0.1) is 0 Å². The highest BCUT2D eigenvalue weighted by molar-refractivity contribution is 9.10. The van der Waals surface area contributed by atoms with Gasteiger partial charge in [0, 0.05) is 48.4 Å². The van der Waals surface area contributed by atoms with E-state index in [9.17, 15) is 0 Å². The van der Waals surface area contributed by atoms with E-state index in [4.69, 9.17) is 22.1 Å². The lowest BCUT2D eigenvalue weighted by Crippen LogP contribution is -2.37. The molecule has 3 aromatic heterocycles. The molecule has 0 radical (unpaired) electrons. The maximum Gasteiger partial charge on any atom is 0.131 e. The number of ether oxygens (including phenoxy) is 1. The number of nitrogens with zero attached hydrogens (tertiary/aromatic N) is 2. The molecule has 5 nitrogen and oxygen atoms in total. The number of anilines is 1. The lowest BCUT2D eigenvalue weighted by Gasteiger charge is -2.28. The molecule has 2 atom stereocenters. The minimum absolute atomic E-state index is 0.00295. The molecular weight excluding hydrogens is 436 g/mol. The molecule has 0 aromatic carbocycles. The van der Waals surface area contributed by atoms with Gasteiger partial charge in [-0.05, 0) is 40.0 Å². The van der Waals surface area contributed by atoms with Crippen molar-refractivity contribution in [1.82, 2.24) is 9.97 Å². The number of hydrogen-bond acceptors (Lipinski definition) is 6. The molecule has 0 unspecified atom stereocenters. The van der Waals surface area contributed by atoms with Crippen molar-refractivity contribution < 1.29 is 4.74 Å². The number of nitrogens with two attached hydrogens (primary N) is 1. The monoisotopic (exact) mass is 452 g/mol. The van der Waals surface area contributed by atoms with Gasteiger partial charge in [0.1, 0.15) is 5.15 Å². The number of hydrogen-bond donors (Lipinski definition) is 2. The van der Waals surface area contributed by atoms with Crippen LogP contribution < -0.4 is 11.1 Å². The van der Waals surface area contributed by atoms with E-state index in [1.54, 1.807) is 23.7 Å². The van der Waals surface area contributed by atoms with Gasteiger partial charge in [0.15, 0.2) is 0 Å².